The molecule has 152 valence electrons. The van der Waals surface area contributed by atoms with Gasteiger partial charge in [-0.15, -0.1) is 34.2 Å². The number of nitrogens with one attached hydrogen (secondary N) is 2. The second kappa shape index (κ2) is 11.7. The summed E-state index contributed by atoms with van der Waals surface area (Å²) in [4.78, 5) is 7.08. The third-order valence-corrected chi connectivity index (χ3v) is 4.52. The lowest BCUT2D eigenvalue weighted by atomic mass is 10.2. The van der Waals surface area contributed by atoms with Gasteiger partial charge >= 0.3 is 0 Å². The van der Waals surface area contributed by atoms with Crippen LogP contribution in [0.4, 0.5) is 5.69 Å². The van der Waals surface area contributed by atoms with Gasteiger partial charge in [0.15, 0.2) is 5.96 Å². The predicted molar refractivity (Wildman–Crippen MR) is 125 cm³/mol. The lowest BCUT2D eigenvalue weighted by Gasteiger charge is -2.18. The Morgan fingerprint density at radius 2 is 2.00 bits per heavy atom. The van der Waals surface area contributed by atoms with E-state index in [1.807, 2.05) is 0 Å². The fourth-order valence-corrected chi connectivity index (χ4v) is 3.09. The number of aryl methyl sites for hydroxylation is 1. The third-order valence-electron chi connectivity index (χ3n) is 4.52. The van der Waals surface area contributed by atoms with Gasteiger partial charge in [-0.1, -0.05) is 31.2 Å². The Labute approximate surface area is 184 Å². The van der Waals surface area contributed by atoms with E-state index in [1.165, 1.54) is 11.3 Å². The number of rotatable bonds is 8. The highest BCUT2D eigenvalue weighted by Gasteiger charge is 2.08. The summed E-state index contributed by atoms with van der Waals surface area (Å²) in [7, 11) is 0. The van der Waals surface area contributed by atoms with Crippen LogP contribution in [0.2, 0.25) is 0 Å². The van der Waals surface area contributed by atoms with Crippen LogP contribution in [-0.2, 0) is 19.5 Å². The van der Waals surface area contributed by atoms with E-state index >= 15 is 0 Å². The van der Waals surface area contributed by atoms with Crippen LogP contribution >= 0.6 is 24.0 Å². The summed E-state index contributed by atoms with van der Waals surface area (Å²) in [6, 6.07) is 8.63. The lowest BCUT2D eigenvalue weighted by Crippen LogP contribution is -2.38. The summed E-state index contributed by atoms with van der Waals surface area (Å²) in [5.41, 5.74) is 2.47. The predicted octanol–water partition coefficient (Wildman–Crippen LogP) is 2.59. The fraction of sp³-hybridized carbons (Fsp3) is 0.450. The molecule has 0 saturated heterocycles. The summed E-state index contributed by atoms with van der Waals surface area (Å²) in [6.07, 6.45) is 7.08. The first-order chi connectivity index (χ1) is 13.3. The molecule has 0 aliphatic carbocycles. The Hall–Kier alpha value is -2.10. The molecule has 1 aliphatic rings. The van der Waals surface area contributed by atoms with Crippen LogP contribution in [0.5, 0.6) is 0 Å². The second-order valence-electron chi connectivity index (χ2n) is 6.46. The average molecular weight is 495 g/mol. The SMILES string of the molecule is CCNC(=NCc1cccc(N2CC=CC2)c1)NCCn1cnnc1CC.I. The van der Waals surface area contributed by atoms with Gasteiger partial charge in [0.1, 0.15) is 12.2 Å². The number of anilines is 1. The van der Waals surface area contributed by atoms with Crippen LogP contribution in [0.15, 0.2) is 47.7 Å². The standard InChI is InChI=1S/C20H29N7.HI/c1-3-19-25-24-16-27(19)13-10-22-20(21-4-2)23-15-17-8-7-9-18(14-17)26-11-5-6-12-26;/h5-9,14,16H,3-4,10-13,15H2,1-2H3,(H2,21,22,23);1H. The molecule has 0 unspecified atom stereocenters. The van der Waals surface area contributed by atoms with E-state index in [0.29, 0.717) is 6.54 Å². The Morgan fingerprint density at radius 1 is 1.18 bits per heavy atom. The number of aromatic nitrogens is 3. The van der Waals surface area contributed by atoms with Crippen molar-refractivity contribution in [2.24, 2.45) is 4.99 Å². The zero-order valence-electron chi connectivity index (χ0n) is 16.6. The molecule has 2 aromatic rings. The van der Waals surface area contributed by atoms with Crippen molar-refractivity contribution < 1.29 is 0 Å². The molecule has 0 radical (unpaired) electrons. The Morgan fingerprint density at radius 3 is 2.75 bits per heavy atom. The Kier molecular flexibility index (Phi) is 9.26. The maximum absolute atomic E-state index is 4.73. The molecule has 2 heterocycles. The maximum Gasteiger partial charge on any atom is 0.191 e. The minimum Gasteiger partial charge on any atom is -0.364 e. The number of hydrogen-bond acceptors (Lipinski definition) is 4. The van der Waals surface area contributed by atoms with E-state index in [2.05, 4.69) is 80.6 Å². The average Bonchev–Trinajstić information content (AvgIpc) is 3.38. The lowest BCUT2D eigenvalue weighted by molar-refractivity contribution is 0.632. The van der Waals surface area contributed by atoms with E-state index in [0.717, 1.165) is 50.9 Å². The first kappa shape index (κ1) is 22.2. The fourth-order valence-electron chi connectivity index (χ4n) is 3.09. The summed E-state index contributed by atoms with van der Waals surface area (Å²) >= 11 is 0. The first-order valence-corrected chi connectivity index (χ1v) is 9.68. The highest BCUT2D eigenvalue weighted by molar-refractivity contribution is 14.0. The molecule has 0 spiro atoms. The van der Waals surface area contributed by atoms with Crippen molar-refractivity contribution in [2.45, 2.75) is 33.4 Å². The van der Waals surface area contributed by atoms with Crippen LogP contribution < -0.4 is 15.5 Å². The normalized spacial score (nSPS) is 13.5. The summed E-state index contributed by atoms with van der Waals surface area (Å²) in [5.74, 6) is 1.84. The van der Waals surface area contributed by atoms with Crippen molar-refractivity contribution in [3.05, 3.63) is 54.1 Å². The van der Waals surface area contributed by atoms with Gasteiger partial charge < -0.3 is 20.1 Å². The second-order valence-corrected chi connectivity index (χ2v) is 6.46. The van der Waals surface area contributed by atoms with E-state index in [4.69, 9.17) is 4.99 Å². The van der Waals surface area contributed by atoms with Crippen molar-refractivity contribution >= 4 is 35.6 Å². The van der Waals surface area contributed by atoms with Crippen molar-refractivity contribution in [3.63, 3.8) is 0 Å². The van der Waals surface area contributed by atoms with Gasteiger partial charge in [-0.05, 0) is 24.6 Å². The van der Waals surface area contributed by atoms with E-state index in [1.54, 1.807) is 6.33 Å². The van der Waals surface area contributed by atoms with Crippen LogP contribution in [-0.4, -0.2) is 46.9 Å². The van der Waals surface area contributed by atoms with Gasteiger partial charge in [0.2, 0.25) is 0 Å². The molecule has 2 N–H and O–H groups in total. The molecule has 1 aromatic carbocycles. The number of guanidine groups is 1. The van der Waals surface area contributed by atoms with Gasteiger partial charge in [-0.25, -0.2) is 4.99 Å². The minimum atomic E-state index is 0. The molecule has 1 aromatic heterocycles. The molecule has 7 nitrogen and oxygen atoms in total. The molecule has 0 atom stereocenters. The van der Waals surface area contributed by atoms with E-state index in [-0.39, 0.29) is 24.0 Å². The molecular weight excluding hydrogens is 465 g/mol. The van der Waals surface area contributed by atoms with E-state index in [9.17, 15) is 0 Å². The molecule has 3 rings (SSSR count). The van der Waals surface area contributed by atoms with Crippen molar-refractivity contribution in [2.75, 3.05) is 31.1 Å². The van der Waals surface area contributed by atoms with Crippen LogP contribution in [0.25, 0.3) is 0 Å². The van der Waals surface area contributed by atoms with Gasteiger partial charge in [0, 0.05) is 44.8 Å². The monoisotopic (exact) mass is 495 g/mol. The minimum absolute atomic E-state index is 0. The zero-order valence-corrected chi connectivity index (χ0v) is 19.0. The topological polar surface area (TPSA) is 70.4 Å². The van der Waals surface area contributed by atoms with Crippen LogP contribution in [0.1, 0.15) is 25.2 Å². The van der Waals surface area contributed by atoms with Gasteiger partial charge in [0.05, 0.1) is 6.54 Å². The molecule has 0 saturated carbocycles. The number of halogens is 1. The molecule has 28 heavy (non-hydrogen) atoms. The van der Waals surface area contributed by atoms with Crippen LogP contribution in [0.3, 0.4) is 0 Å². The maximum atomic E-state index is 4.73. The van der Waals surface area contributed by atoms with Crippen molar-refractivity contribution in [3.8, 4) is 0 Å². The Balaban J connectivity index is 0.00000280. The van der Waals surface area contributed by atoms with Crippen LogP contribution in [0, 0.1) is 0 Å². The molecule has 1 aliphatic heterocycles. The summed E-state index contributed by atoms with van der Waals surface area (Å²) < 4.78 is 2.07. The number of hydrogen-bond donors (Lipinski definition) is 2. The number of benzene rings is 1. The summed E-state index contributed by atoms with van der Waals surface area (Å²) in [5, 5.41) is 14.8. The quantitative estimate of drug-likeness (QED) is 0.255. The molecule has 0 amide bonds. The Bertz CT molecular complexity index is 776. The zero-order chi connectivity index (χ0) is 18.9. The molecule has 0 bridgehead atoms. The number of aliphatic imine (C=N–C) groups is 1. The van der Waals surface area contributed by atoms with Crippen molar-refractivity contribution in [1.29, 1.82) is 0 Å². The van der Waals surface area contributed by atoms with Gasteiger partial charge in [-0.3, -0.25) is 0 Å². The molecular formula is C20H30IN7. The number of nitrogens with zero attached hydrogens (tertiary/aromatic N) is 5. The highest BCUT2D eigenvalue weighted by atomic mass is 127. The summed E-state index contributed by atoms with van der Waals surface area (Å²) in [6.45, 7) is 9.21. The smallest absolute Gasteiger partial charge is 0.191 e. The van der Waals surface area contributed by atoms with Gasteiger partial charge in [0.25, 0.3) is 0 Å². The third kappa shape index (κ3) is 6.22. The highest BCUT2D eigenvalue weighted by Crippen LogP contribution is 2.18. The van der Waals surface area contributed by atoms with Gasteiger partial charge in [-0.2, -0.15) is 0 Å². The van der Waals surface area contributed by atoms with Crippen molar-refractivity contribution in [1.82, 2.24) is 25.4 Å². The molecule has 0 fully saturated rings. The first-order valence-electron chi connectivity index (χ1n) is 9.68. The molecule has 8 heteroatoms. The largest absolute Gasteiger partial charge is 0.364 e. The van der Waals surface area contributed by atoms with E-state index < -0.39 is 0 Å².